The minimum Gasteiger partial charge on any atom is -0.0776 e. The van der Waals surface area contributed by atoms with Crippen LogP contribution in [0.5, 0.6) is 0 Å². The highest BCUT2D eigenvalue weighted by molar-refractivity contribution is 5.23. The number of benzene rings is 1. The van der Waals surface area contributed by atoms with Crippen LogP contribution in [-0.2, 0) is 0 Å². The van der Waals surface area contributed by atoms with E-state index < -0.39 is 0 Å². The second-order valence-electron chi connectivity index (χ2n) is 4.08. The largest absolute Gasteiger partial charge is 0.0776 e. The molecule has 0 aliphatic rings. The van der Waals surface area contributed by atoms with Gasteiger partial charge >= 0.3 is 0 Å². The summed E-state index contributed by atoms with van der Waals surface area (Å²) < 4.78 is 0. The van der Waals surface area contributed by atoms with Crippen LogP contribution in [0.2, 0.25) is 0 Å². The Morgan fingerprint density at radius 2 is 0.789 bits per heavy atom. The summed E-state index contributed by atoms with van der Waals surface area (Å²) in [5.41, 5.74) is 2.74. The highest BCUT2D eigenvalue weighted by Gasteiger charge is 1.83. The van der Waals surface area contributed by atoms with Gasteiger partial charge in [-0.25, -0.2) is 0 Å². The minimum absolute atomic E-state index is 0. The molecule has 0 N–H and O–H groups in total. The Balaban J connectivity index is -0.0000000526. The molecule has 19 heavy (non-hydrogen) atoms. The van der Waals surface area contributed by atoms with E-state index in [9.17, 15) is 0 Å². The molecule has 1 aromatic carbocycles. The van der Waals surface area contributed by atoms with E-state index in [2.05, 4.69) is 65.8 Å². The van der Waals surface area contributed by atoms with Gasteiger partial charge in [0.25, 0.3) is 0 Å². The first-order valence-corrected chi connectivity index (χ1v) is 6.66. The molecule has 0 saturated carbocycles. The molecule has 1 rings (SSSR count). The third-order valence-corrected chi connectivity index (χ3v) is 2.43. The maximum atomic E-state index is 2.18. The second kappa shape index (κ2) is 25.9. The van der Waals surface area contributed by atoms with Gasteiger partial charge in [-0.3, -0.25) is 0 Å². The van der Waals surface area contributed by atoms with Crippen molar-refractivity contribution in [2.24, 2.45) is 0 Å². The number of aryl methyl sites for hydroxylation is 2. The van der Waals surface area contributed by atoms with Gasteiger partial charge in [0.15, 0.2) is 0 Å². The lowest BCUT2D eigenvalue weighted by Gasteiger charge is -1.93. The normalized spacial score (nSPS) is 7.05. The van der Waals surface area contributed by atoms with Crippen LogP contribution in [0.15, 0.2) is 24.3 Å². The molecule has 0 fully saturated rings. The molecule has 118 valence electrons. The highest BCUT2D eigenvalue weighted by atomic mass is 13.9. The molecule has 1 aromatic rings. The van der Waals surface area contributed by atoms with E-state index >= 15 is 0 Å². The van der Waals surface area contributed by atoms with Gasteiger partial charge in [0.2, 0.25) is 0 Å². The summed E-state index contributed by atoms with van der Waals surface area (Å²) in [6, 6.07) is 8.36. The highest BCUT2D eigenvalue weighted by Crippen LogP contribution is 2.02. The van der Waals surface area contributed by atoms with Crippen molar-refractivity contribution in [3.63, 3.8) is 0 Å². The molecule has 0 spiro atoms. The fraction of sp³-hybridized carbons (Fsp3) is 0.684. The minimum atomic E-state index is 0. The predicted molar refractivity (Wildman–Crippen MR) is 97.3 cm³/mol. The number of hydrogen-bond acceptors (Lipinski definition) is 0. The molecule has 0 saturated heterocycles. The van der Waals surface area contributed by atoms with Gasteiger partial charge in [-0.15, -0.1) is 0 Å². The van der Waals surface area contributed by atoms with Crippen LogP contribution >= 0.6 is 0 Å². The zero-order valence-corrected chi connectivity index (χ0v) is 12.1. The monoisotopic (exact) mass is 270 g/mol. The molecule has 0 radical (unpaired) electrons. The van der Waals surface area contributed by atoms with Crippen molar-refractivity contribution in [1.29, 1.82) is 0 Å². The summed E-state index contributed by atoms with van der Waals surface area (Å²) in [7, 11) is 0. The summed E-state index contributed by atoms with van der Waals surface area (Å²) in [6.45, 7) is 13.0. The lowest BCUT2D eigenvalue weighted by atomic mass is 10.1. The van der Waals surface area contributed by atoms with Gasteiger partial charge in [-0.05, 0) is 25.0 Å². The van der Waals surface area contributed by atoms with Crippen molar-refractivity contribution in [3.05, 3.63) is 35.4 Å². The molecule has 0 aromatic heterocycles. The van der Waals surface area contributed by atoms with Crippen LogP contribution in [-0.4, -0.2) is 0 Å². The van der Waals surface area contributed by atoms with Gasteiger partial charge in [0.1, 0.15) is 0 Å². The lowest BCUT2D eigenvalue weighted by molar-refractivity contribution is 0.886. The van der Waals surface area contributed by atoms with Crippen LogP contribution in [0.3, 0.4) is 0 Å². The van der Waals surface area contributed by atoms with Gasteiger partial charge in [0.05, 0.1) is 0 Å². The summed E-state index contributed by atoms with van der Waals surface area (Å²) in [5, 5.41) is 0. The topological polar surface area (TPSA) is 0 Å². The van der Waals surface area contributed by atoms with Gasteiger partial charge < -0.3 is 0 Å². The average Bonchev–Trinajstić information content (AvgIpc) is 2.33. The van der Waals surface area contributed by atoms with Crippen molar-refractivity contribution in [1.82, 2.24) is 0 Å². The summed E-state index contributed by atoms with van der Waals surface area (Å²) in [6.07, 6.45) is 5.28. The second-order valence-corrected chi connectivity index (χ2v) is 4.08. The molecule has 0 nitrogen and oxygen atoms in total. The van der Waals surface area contributed by atoms with Gasteiger partial charge in [-0.2, -0.15) is 0 Å². The van der Waals surface area contributed by atoms with Crippen LogP contribution in [0.4, 0.5) is 0 Å². The van der Waals surface area contributed by atoms with Crippen molar-refractivity contribution in [2.75, 3.05) is 0 Å². The molecule has 0 unspecified atom stereocenters. The molecule has 0 amide bonds. The van der Waals surface area contributed by atoms with Crippen molar-refractivity contribution in [3.8, 4) is 0 Å². The van der Waals surface area contributed by atoms with Gasteiger partial charge in [0, 0.05) is 0 Å². The van der Waals surface area contributed by atoms with E-state index in [1.165, 1.54) is 36.8 Å². The van der Waals surface area contributed by atoms with E-state index in [0.717, 1.165) is 0 Å². The Kier molecular flexibility index (Phi) is 42.2. The smallest absolute Gasteiger partial charge is 0.0395 e. The van der Waals surface area contributed by atoms with Crippen LogP contribution in [0, 0.1) is 13.8 Å². The molecule has 0 atom stereocenters. The number of rotatable bonds is 2. The first-order valence-electron chi connectivity index (χ1n) is 6.66. The Hall–Kier alpha value is -0.780. The first kappa shape index (κ1) is 30.9. The molecule has 0 aliphatic heterocycles. The molecular weight excluding hydrogens is 228 g/mol. The zero-order valence-electron chi connectivity index (χ0n) is 12.1. The standard InChI is InChI=1S/C8H10.2C4H10.3CH4/c1-7-5-3-4-6-8(7)2;2*1-3-4-2;;;/h3-6H,1-2H3;2*3-4H2,1-2H3;3*1H4. The fourth-order valence-corrected chi connectivity index (χ4v) is 0.663. The Morgan fingerprint density at radius 3 is 0.895 bits per heavy atom. The fourth-order valence-electron chi connectivity index (χ4n) is 0.663. The maximum absolute atomic E-state index is 2.18. The van der Waals surface area contributed by atoms with Crippen molar-refractivity contribution in [2.45, 2.75) is 89.5 Å². The summed E-state index contributed by atoms with van der Waals surface area (Å²) >= 11 is 0. The third kappa shape index (κ3) is 26.7. The molecule has 0 heteroatoms. The maximum Gasteiger partial charge on any atom is -0.0395 e. The summed E-state index contributed by atoms with van der Waals surface area (Å²) in [4.78, 5) is 0. The molecular formula is C19H42. The van der Waals surface area contributed by atoms with E-state index in [1.807, 2.05) is 0 Å². The number of hydrogen-bond donors (Lipinski definition) is 0. The van der Waals surface area contributed by atoms with Crippen molar-refractivity contribution >= 4 is 0 Å². The average molecular weight is 271 g/mol. The van der Waals surface area contributed by atoms with Crippen LogP contribution < -0.4 is 0 Å². The third-order valence-electron chi connectivity index (χ3n) is 2.43. The first-order chi connectivity index (χ1) is 7.63. The van der Waals surface area contributed by atoms with E-state index in [0.29, 0.717) is 0 Å². The van der Waals surface area contributed by atoms with E-state index in [4.69, 9.17) is 0 Å². The SMILES string of the molecule is C.C.C.CCCC.CCCC.Cc1ccccc1C. The Morgan fingerprint density at radius 1 is 0.579 bits per heavy atom. The van der Waals surface area contributed by atoms with Gasteiger partial charge in [-0.1, -0.05) is 99.9 Å². The number of unbranched alkanes of at least 4 members (excludes halogenated alkanes) is 2. The van der Waals surface area contributed by atoms with Crippen LogP contribution in [0.25, 0.3) is 0 Å². The van der Waals surface area contributed by atoms with E-state index in [-0.39, 0.29) is 22.3 Å². The molecule has 0 heterocycles. The zero-order chi connectivity index (χ0) is 12.8. The predicted octanol–water partition coefficient (Wildman–Crippen LogP) is 7.82. The Bertz CT molecular complexity index is 196. The van der Waals surface area contributed by atoms with E-state index in [1.54, 1.807) is 0 Å². The quantitative estimate of drug-likeness (QED) is 0.513. The summed E-state index contributed by atoms with van der Waals surface area (Å²) in [5.74, 6) is 0. The lowest BCUT2D eigenvalue weighted by Crippen LogP contribution is -1.74. The molecule has 0 aliphatic carbocycles. The molecule has 0 bridgehead atoms. The Labute approximate surface area is 125 Å². The van der Waals surface area contributed by atoms with Crippen molar-refractivity contribution < 1.29 is 0 Å². The van der Waals surface area contributed by atoms with Crippen LogP contribution in [0.1, 0.15) is 86.8 Å².